The third-order valence-corrected chi connectivity index (χ3v) is 5.52. The van der Waals surface area contributed by atoms with E-state index >= 15 is 0 Å². The Labute approximate surface area is 108 Å². The minimum atomic E-state index is 0.0107. The van der Waals surface area contributed by atoms with E-state index in [1.165, 1.54) is 11.8 Å². The number of thioether (sulfide) groups is 1. The highest BCUT2D eigenvalue weighted by molar-refractivity contribution is 8.23. The molecule has 0 saturated heterocycles. The molecule has 0 bridgehead atoms. The maximum absolute atomic E-state index is 11.9. The zero-order chi connectivity index (χ0) is 12.3. The number of hydrogen-bond acceptors (Lipinski definition) is 4. The van der Waals surface area contributed by atoms with Gasteiger partial charge in [0, 0.05) is 5.92 Å². The van der Waals surface area contributed by atoms with Crippen molar-refractivity contribution in [3.63, 3.8) is 0 Å². The molecule has 0 aromatic heterocycles. The van der Waals surface area contributed by atoms with Gasteiger partial charge in [0.25, 0.3) is 0 Å². The van der Waals surface area contributed by atoms with Gasteiger partial charge in [0.1, 0.15) is 5.78 Å². The summed E-state index contributed by atoms with van der Waals surface area (Å²) in [6.45, 7) is 8.84. The van der Waals surface area contributed by atoms with Gasteiger partial charge in [-0.05, 0) is 37.4 Å². The van der Waals surface area contributed by atoms with E-state index in [1.807, 2.05) is 13.8 Å². The Morgan fingerprint density at radius 3 is 2.44 bits per heavy atom. The van der Waals surface area contributed by atoms with Crippen LogP contribution in [0.2, 0.25) is 0 Å². The Morgan fingerprint density at radius 2 is 2.00 bits per heavy atom. The van der Waals surface area contributed by atoms with Gasteiger partial charge in [-0.3, -0.25) is 4.79 Å². The van der Waals surface area contributed by atoms with Crippen molar-refractivity contribution >= 4 is 34.1 Å². The summed E-state index contributed by atoms with van der Waals surface area (Å²) >= 11 is 6.55. The van der Waals surface area contributed by atoms with Gasteiger partial charge in [0.15, 0.2) is 0 Å². The molecule has 1 fully saturated rings. The van der Waals surface area contributed by atoms with Crippen LogP contribution in [0.3, 0.4) is 0 Å². The highest BCUT2D eigenvalue weighted by atomic mass is 32.2. The summed E-state index contributed by atoms with van der Waals surface area (Å²) in [6, 6.07) is 0. The second kappa shape index (κ2) is 5.50. The number of ketones is 1. The van der Waals surface area contributed by atoms with Gasteiger partial charge < -0.3 is 4.74 Å². The maximum atomic E-state index is 11.9. The molecule has 0 aromatic carbocycles. The SMILES string of the molecule is CCOC(=S)SC1C(=O)C(C)C1(CC)CC. The molecule has 16 heavy (non-hydrogen) atoms. The number of carbonyl (C=O) groups excluding carboxylic acids is 1. The Kier molecular flexibility index (Phi) is 4.80. The van der Waals surface area contributed by atoms with Gasteiger partial charge in [-0.1, -0.05) is 32.5 Å². The lowest BCUT2D eigenvalue weighted by Crippen LogP contribution is -2.58. The molecule has 92 valence electrons. The first-order valence-electron chi connectivity index (χ1n) is 5.90. The van der Waals surface area contributed by atoms with E-state index in [2.05, 4.69) is 13.8 Å². The van der Waals surface area contributed by atoms with Crippen molar-refractivity contribution in [2.24, 2.45) is 11.3 Å². The molecular formula is C12H20O2S2. The van der Waals surface area contributed by atoms with Gasteiger partial charge in [-0.15, -0.1) is 0 Å². The number of thiocarbonyl (C=S) groups is 1. The molecule has 0 heterocycles. The van der Waals surface area contributed by atoms with Crippen molar-refractivity contribution in [3.8, 4) is 0 Å². The molecule has 2 atom stereocenters. The van der Waals surface area contributed by atoms with E-state index in [1.54, 1.807) is 0 Å². The Bertz CT molecular complexity index is 285. The van der Waals surface area contributed by atoms with Crippen LogP contribution in [0.5, 0.6) is 0 Å². The summed E-state index contributed by atoms with van der Waals surface area (Å²) in [5.41, 5.74) is 0.128. The number of Topliss-reactive ketones (excluding diaryl/α,β-unsaturated/α-hetero) is 1. The van der Waals surface area contributed by atoms with E-state index in [4.69, 9.17) is 17.0 Å². The zero-order valence-corrected chi connectivity index (χ0v) is 12.0. The van der Waals surface area contributed by atoms with Crippen molar-refractivity contribution in [1.29, 1.82) is 0 Å². The number of ether oxygens (including phenoxy) is 1. The summed E-state index contributed by atoms with van der Waals surface area (Å²) in [5.74, 6) is 0.500. The van der Waals surface area contributed by atoms with Crippen molar-refractivity contribution < 1.29 is 9.53 Å². The van der Waals surface area contributed by atoms with Gasteiger partial charge in [0.2, 0.25) is 4.38 Å². The fraction of sp³-hybridized carbons (Fsp3) is 0.833. The maximum Gasteiger partial charge on any atom is 0.220 e. The number of rotatable bonds is 4. The second-order valence-corrected chi connectivity index (χ2v) is 5.95. The average molecular weight is 260 g/mol. The van der Waals surface area contributed by atoms with E-state index in [-0.39, 0.29) is 16.6 Å². The minimum Gasteiger partial charge on any atom is -0.479 e. The predicted octanol–water partition coefficient (Wildman–Crippen LogP) is 3.43. The first kappa shape index (κ1) is 14.0. The van der Waals surface area contributed by atoms with Crippen LogP contribution in [0.15, 0.2) is 0 Å². The van der Waals surface area contributed by atoms with Crippen molar-refractivity contribution in [2.45, 2.75) is 45.8 Å². The summed E-state index contributed by atoms with van der Waals surface area (Å²) < 4.78 is 5.77. The first-order chi connectivity index (χ1) is 7.53. The average Bonchev–Trinajstić information content (AvgIpc) is 2.29. The standard InChI is InChI=1S/C12H20O2S2/c1-5-12(6-2)8(4)9(13)10(12)16-11(15)14-7-3/h8,10H,5-7H2,1-4H3. The molecule has 0 amide bonds. The lowest BCUT2D eigenvalue weighted by molar-refractivity contribution is -0.140. The first-order valence-corrected chi connectivity index (χ1v) is 7.19. The molecule has 0 aliphatic heterocycles. The van der Waals surface area contributed by atoms with E-state index in [0.29, 0.717) is 16.8 Å². The molecule has 1 rings (SSSR count). The van der Waals surface area contributed by atoms with Gasteiger partial charge in [-0.2, -0.15) is 0 Å². The second-order valence-electron chi connectivity index (χ2n) is 4.25. The van der Waals surface area contributed by atoms with Crippen molar-refractivity contribution in [1.82, 2.24) is 0 Å². The monoisotopic (exact) mass is 260 g/mol. The van der Waals surface area contributed by atoms with Crippen LogP contribution in [0, 0.1) is 11.3 Å². The molecular weight excluding hydrogens is 240 g/mol. The summed E-state index contributed by atoms with van der Waals surface area (Å²) in [6.07, 6.45) is 2.06. The number of hydrogen-bond donors (Lipinski definition) is 0. The van der Waals surface area contributed by atoms with Crippen LogP contribution in [0.25, 0.3) is 0 Å². The lowest BCUT2D eigenvalue weighted by atomic mass is 9.56. The third kappa shape index (κ3) is 2.14. The van der Waals surface area contributed by atoms with Crippen molar-refractivity contribution in [3.05, 3.63) is 0 Å². The van der Waals surface area contributed by atoms with Crippen LogP contribution in [-0.2, 0) is 9.53 Å². The fourth-order valence-electron chi connectivity index (χ4n) is 2.58. The summed E-state index contributed by atoms with van der Waals surface area (Å²) in [5, 5.41) is 0.0107. The Balaban J connectivity index is 2.71. The molecule has 0 radical (unpaired) electrons. The van der Waals surface area contributed by atoms with Crippen LogP contribution < -0.4 is 0 Å². The normalized spacial score (nSPS) is 27.4. The van der Waals surface area contributed by atoms with Gasteiger partial charge >= 0.3 is 0 Å². The number of carbonyl (C=O) groups is 1. The Hall–Kier alpha value is -0.0900. The molecule has 2 nitrogen and oxygen atoms in total. The molecule has 1 aliphatic carbocycles. The zero-order valence-electron chi connectivity index (χ0n) is 10.4. The Morgan fingerprint density at radius 1 is 1.44 bits per heavy atom. The predicted molar refractivity (Wildman–Crippen MR) is 72.8 cm³/mol. The van der Waals surface area contributed by atoms with Crippen LogP contribution >= 0.6 is 24.0 Å². The minimum absolute atomic E-state index is 0.0107. The van der Waals surface area contributed by atoms with E-state index in [9.17, 15) is 4.79 Å². The molecule has 0 N–H and O–H groups in total. The fourth-order valence-corrected chi connectivity index (χ4v) is 4.46. The molecule has 0 spiro atoms. The molecule has 1 aliphatic rings. The van der Waals surface area contributed by atoms with Gasteiger partial charge in [-0.25, -0.2) is 0 Å². The largest absolute Gasteiger partial charge is 0.479 e. The topological polar surface area (TPSA) is 26.3 Å². The highest BCUT2D eigenvalue weighted by Crippen LogP contribution is 2.54. The van der Waals surface area contributed by atoms with E-state index < -0.39 is 0 Å². The van der Waals surface area contributed by atoms with Gasteiger partial charge in [0.05, 0.1) is 11.9 Å². The molecule has 4 heteroatoms. The quantitative estimate of drug-likeness (QED) is 0.723. The highest BCUT2D eigenvalue weighted by Gasteiger charge is 2.58. The molecule has 2 unspecified atom stereocenters. The lowest BCUT2D eigenvalue weighted by Gasteiger charge is -2.52. The summed E-state index contributed by atoms with van der Waals surface area (Å²) in [7, 11) is 0. The molecule has 0 aromatic rings. The summed E-state index contributed by atoms with van der Waals surface area (Å²) in [4.78, 5) is 11.9. The van der Waals surface area contributed by atoms with Crippen LogP contribution in [0.1, 0.15) is 40.5 Å². The smallest absolute Gasteiger partial charge is 0.220 e. The molecule has 1 saturated carbocycles. The van der Waals surface area contributed by atoms with Crippen LogP contribution in [0.4, 0.5) is 0 Å². The van der Waals surface area contributed by atoms with Crippen LogP contribution in [-0.4, -0.2) is 22.0 Å². The third-order valence-electron chi connectivity index (χ3n) is 3.86. The van der Waals surface area contributed by atoms with Crippen molar-refractivity contribution in [2.75, 3.05) is 6.61 Å². The van der Waals surface area contributed by atoms with E-state index in [0.717, 1.165) is 12.8 Å².